The van der Waals surface area contributed by atoms with E-state index in [0.717, 1.165) is 21.0 Å². The highest BCUT2D eigenvalue weighted by atomic mass is 32.2. The third-order valence-electron chi connectivity index (χ3n) is 3.75. The summed E-state index contributed by atoms with van der Waals surface area (Å²) in [7, 11) is 0. The van der Waals surface area contributed by atoms with Crippen molar-refractivity contribution in [2.45, 2.75) is 17.2 Å². The van der Waals surface area contributed by atoms with Gasteiger partial charge in [-0.15, -0.1) is 23.1 Å². The van der Waals surface area contributed by atoms with Gasteiger partial charge in [-0.3, -0.25) is 4.79 Å². The van der Waals surface area contributed by atoms with Crippen LogP contribution in [0.25, 0.3) is 10.2 Å². The van der Waals surface area contributed by atoms with Crippen LogP contribution in [-0.2, 0) is 11.2 Å². The molecule has 0 spiro atoms. The third kappa shape index (κ3) is 2.39. The van der Waals surface area contributed by atoms with E-state index < -0.39 is 0 Å². The number of carbonyl (C=O) groups is 1. The lowest BCUT2D eigenvalue weighted by molar-refractivity contribution is -0.119. The van der Waals surface area contributed by atoms with E-state index >= 15 is 0 Å². The molecule has 1 aliphatic heterocycles. The molecule has 1 aromatic heterocycles. The van der Waals surface area contributed by atoms with Crippen LogP contribution in [0, 0.1) is 0 Å². The molecule has 4 heteroatoms. The fraction of sp³-hybridized carbons (Fsp3) is 0.176. The summed E-state index contributed by atoms with van der Waals surface area (Å²) in [5.74, 6) is 1.17. The van der Waals surface area contributed by atoms with Gasteiger partial charge in [0.2, 0.25) is 0 Å². The van der Waals surface area contributed by atoms with Crippen LogP contribution in [0.4, 0.5) is 0 Å². The van der Waals surface area contributed by atoms with E-state index in [-0.39, 0.29) is 11.7 Å². The second kappa shape index (κ2) is 5.28. The molecule has 3 aromatic rings. The average Bonchev–Trinajstić information content (AvgIpc) is 3.10. The molecule has 0 amide bonds. The molecule has 1 aliphatic rings. The zero-order valence-corrected chi connectivity index (χ0v) is 12.9. The van der Waals surface area contributed by atoms with Gasteiger partial charge >= 0.3 is 0 Å². The summed E-state index contributed by atoms with van der Waals surface area (Å²) in [5, 5.41) is 0.926. The van der Waals surface area contributed by atoms with Gasteiger partial charge < -0.3 is 0 Å². The number of nitrogens with zero attached hydrogens (tertiary/aromatic N) is 1. The molecule has 0 radical (unpaired) electrons. The fourth-order valence-electron chi connectivity index (χ4n) is 2.70. The van der Waals surface area contributed by atoms with Gasteiger partial charge in [0, 0.05) is 10.6 Å². The van der Waals surface area contributed by atoms with E-state index in [1.165, 1.54) is 10.5 Å². The van der Waals surface area contributed by atoms with Gasteiger partial charge in [0.05, 0.1) is 22.6 Å². The maximum atomic E-state index is 12.6. The number of carbonyl (C=O) groups excluding carboxylic acids is 1. The molecule has 0 N–H and O–H groups in total. The smallest absolute Gasteiger partial charge is 0.148 e. The molecule has 0 fully saturated rings. The first kappa shape index (κ1) is 13.0. The molecular formula is C17H13NOS2. The second-order valence-electron chi connectivity index (χ2n) is 5.12. The molecule has 4 rings (SSSR count). The zero-order chi connectivity index (χ0) is 14.2. The van der Waals surface area contributed by atoms with Gasteiger partial charge in [0.1, 0.15) is 10.8 Å². The van der Waals surface area contributed by atoms with Gasteiger partial charge in [-0.05, 0) is 23.8 Å². The molecule has 0 bridgehead atoms. The predicted octanol–water partition coefficient (Wildman–Crippen LogP) is 4.30. The summed E-state index contributed by atoms with van der Waals surface area (Å²) in [6, 6.07) is 16.3. The molecular weight excluding hydrogens is 298 g/mol. The van der Waals surface area contributed by atoms with Crippen LogP contribution < -0.4 is 0 Å². The first-order valence-corrected chi connectivity index (χ1v) is 8.70. The molecule has 2 nitrogen and oxygen atoms in total. The number of thioether (sulfide) groups is 1. The van der Waals surface area contributed by atoms with Crippen LogP contribution in [0.15, 0.2) is 53.4 Å². The lowest BCUT2D eigenvalue weighted by Crippen LogP contribution is -2.14. The van der Waals surface area contributed by atoms with Gasteiger partial charge in [-0.2, -0.15) is 0 Å². The summed E-state index contributed by atoms with van der Waals surface area (Å²) >= 11 is 3.41. The Kier molecular flexibility index (Phi) is 3.28. The first-order valence-electron chi connectivity index (χ1n) is 6.90. The third-order valence-corrected chi connectivity index (χ3v) is 5.97. The quantitative estimate of drug-likeness (QED) is 0.722. The number of Topliss-reactive ketones (excluding diaryl/α,β-unsaturated/α-hetero) is 1. The van der Waals surface area contributed by atoms with Crippen LogP contribution >= 0.6 is 23.1 Å². The zero-order valence-electron chi connectivity index (χ0n) is 11.3. The van der Waals surface area contributed by atoms with Crippen molar-refractivity contribution in [3.05, 3.63) is 59.1 Å². The second-order valence-corrected chi connectivity index (χ2v) is 7.30. The lowest BCUT2D eigenvalue weighted by atomic mass is 9.95. The number of rotatable bonds is 3. The number of thiazole rings is 1. The molecule has 0 aliphatic carbocycles. The predicted molar refractivity (Wildman–Crippen MR) is 88.2 cm³/mol. The van der Waals surface area contributed by atoms with Gasteiger partial charge in [-0.25, -0.2) is 4.98 Å². The van der Waals surface area contributed by atoms with E-state index in [1.54, 1.807) is 23.1 Å². The Balaban J connectivity index is 1.59. The number of ketones is 1. The number of hydrogen-bond acceptors (Lipinski definition) is 4. The molecule has 21 heavy (non-hydrogen) atoms. The maximum Gasteiger partial charge on any atom is 0.148 e. The minimum Gasteiger partial charge on any atom is -0.299 e. The van der Waals surface area contributed by atoms with Crippen LogP contribution in [-0.4, -0.2) is 16.5 Å². The largest absolute Gasteiger partial charge is 0.299 e. The Labute approximate surface area is 131 Å². The highest BCUT2D eigenvalue weighted by Gasteiger charge is 2.29. The summed E-state index contributed by atoms with van der Waals surface area (Å²) in [4.78, 5) is 18.4. The summed E-state index contributed by atoms with van der Waals surface area (Å²) < 4.78 is 1.15. The number of benzene rings is 2. The normalized spacial score (nSPS) is 17.0. The summed E-state index contributed by atoms with van der Waals surface area (Å²) in [6.07, 6.45) is 0.443. The highest BCUT2D eigenvalue weighted by molar-refractivity contribution is 7.99. The van der Waals surface area contributed by atoms with Gasteiger partial charge in [0.15, 0.2) is 0 Å². The van der Waals surface area contributed by atoms with E-state index in [1.807, 2.05) is 30.3 Å². The molecule has 1 unspecified atom stereocenters. The van der Waals surface area contributed by atoms with Crippen LogP contribution in [0.2, 0.25) is 0 Å². The number of fused-ring (bicyclic) bond motifs is 2. The topological polar surface area (TPSA) is 30.0 Å². The summed E-state index contributed by atoms with van der Waals surface area (Å²) in [6.45, 7) is 0. The Morgan fingerprint density at radius 1 is 1.14 bits per heavy atom. The molecule has 1 atom stereocenters. The van der Waals surface area contributed by atoms with Crippen molar-refractivity contribution in [2.24, 2.45) is 0 Å². The molecule has 2 heterocycles. The van der Waals surface area contributed by atoms with Crippen LogP contribution in [0.5, 0.6) is 0 Å². The molecule has 0 saturated carbocycles. The van der Waals surface area contributed by atoms with E-state index in [4.69, 9.17) is 0 Å². The summed E-state index contributed by atoms with van der Waals surface area (Å²) in [5.41, 5.74) is 2.18. The Morgan fingerprint density at radius 2 is 1.95 bits per heavy atom. The van der Waals surface area contributed by atoms with E-state index in [2.05, 4.69) is 23.2 Å². The van der Waals surface area contributed by atoms with E-state index in [0.29, 0.717) is 6.42 Å². The van der Waals surface area contributed by atoms with Crippen molar-refractivity contribution in [3.8, 4) is 0 Å². The van der Waals surface area contributed by atoms with Crippen molar-refractivity contribution < 1.29 is 4.79 Å². The van der Waals surface area contributed by atoms with Crippen molar-refractivity contribution in [2.75, 3.05) is 5.75 Å². The molecule has 2 aromatic carbocycles. The SMILES string of the molecule is O=C(Cc1nc2ccccc2s1)C1CSc2ccccc21. The average molecular weight is 311 g/mol. The Morgan fingerprint density at radius 3 is 2.86 bits per heavy atom. The van der Waals surface area contributed by atoms with Gasteiger partial charge in [-0.1, -0.05) is 30.3 Å². The number of hydrogen-bond donors (Lipinski definition) is 0. The standard InChI is InChI=1S/C17H13NOS2/c19-14(12-10-20-15-7-3-1-5-11(12)15)9-17-18-13-6-2-4-8-16(13)21-17/h1-8,12H,9-10H2. The highest BCUT2D eigenvalue weighted by Crippen LogP contribution is 2.40. The van der Waals surface area contributed by atoms with E-state index in [9.17, 15) is 4.79 Å². The molecule has 104 valence electrons. The van der Waals surface area contributed by atoms with Crippen LogP contribution in [0.3, 0.4) is 0 Å². The Bertz CT molecular complexity index is 791. The lowest BCUT2D eigenvalue weighted by Gasteiger charge is -2.08. The minimum absolute atomic E-state index is 0.0261. The van der Waals surface area contributed by atoms with Crippen LogP contribution in [0.1, 0.15) is 16.5 Å². The van der Waals surface area contributed by atoms with Gasteiger partial charge in [0.25, 0.3) is 0 Å². The Hall–Kier alpha value is -1.65. The first-order chi connectivity index (χ1) is 10.3. The van der Waals surface area contributed by atoms with Crippen molar-refractivity contribution >= 4 is 39.1 Å². The molecule has 0 saturated heterocycles. The van der Waals surface area contributed by atoms with Crippen molar-refractivity contribution in [1.82, 2.24) is 4.98 Å². The van der Waals surface area contributed by atoms with Crippen molar-refractivity contribution in [3.63, 3.8) is 0 Å². The van der Waals surface area contributed by atoms with Crippen molar-refractivity contribution in [1.29, 1.82) is 0 Å². The minimum atomic E-state index is 0.0261. The number of aromatic nitrogens is 1. The monoisotopic (exact) mass is 311 g/mol. The number of para-hydroxylation sites is 1. The maximum absolute atomic E-state index is 12.6. The fourth-order valence-corrected chi connectivity index (χ4v) is 4.94.